The first-order chi connectivity index (χ1) is 12.7. The van der Waals surface area contributed by atoms with Gasteiger partial charge >= 0.3 is 0 Å². The standard InChI is InChI=1S/C18H15BBrN5O/c19-17-6-5-16(11-18(17)20)26-10-9-25(24-12-22-23-13-24)15-3-1-14(2-4-15)7-8-21/h1-6,11-13H,9-10,21H2. The van der Waals surface area contributed by atoms with Crippen LogP contribution in [0.1, 0.15) is 5.56 Å². The number of rotatable bonds is 6. The van der Waals surface area contributed by atoms with Gasteiger partial charge in [-0.2, -0.15) is 0 Å². The van der Waals surface area contributed by atoms with Crippen molar-refractivity contribution in [2.75, 3.05) is 18.2 Å². The third kappa shape index (κ3) is 4.38. The summed E-state index contributed by atoms with van der Waals surface area (Å²) in [5.74, 6) is 3.56. The van der Waals surface area contributed by atoms with Crippen molar-refractivity contribution in [1.29, 1.82) is 0 Å². The monoisotopic (exact) mass is 407 g/mol. The highest BCUT2D eigenvalue weighted by Crippen LogP contribution is 2.18. The Hall–Kier alpha value is -2.92. The van der Waals surface area contributed by atoms with Gasteiger partial charge in [-0.3, -0.25) is 5.01 Å². The first-order valence-corrected chi connectivity index (χ1v) is 8.58. The number of nitrogens with zero attached hydrogens (tertiary/aromatic N) is 4. The normalized spacial score (nSPS) is 10.0. The Morgan fingerprint density at radius 3 is 2.54 bits per heavy atom. The zero-order valence-electron chi connectivity index (χ0n) is 13.8. The molecule has 26 heavy (non-hydrogen) atoms. The van der Waals surface area contributed by atoms with Crippen LogP contribution in [0.4, 0.5) is 5.69 Å². The highest BCUT2D eigenvalue weighted by Gasteiger charge is 2.09. The SMILES string of the molecule is [B]c1ccc(OCCN(c2ccc(C#CN)cc2)n2cnnc2)cc1Br. The summed E-state index contributed by atoms with van der Waals surface area (Å²) in [4.78, 5) is 0. The van der Waals surface area contributed by atoms with Crippen molar-refractivity contribution in [2.45, 2.75) is 0 Å². The number of benzene rings is 2. The van der Waals surface area contributed by atoms with E-state index in [0.29, 0.717) is 18.6 Å². The Morgan fingerprint density at radius 1 is 1.15 bits per heavy atom. The maximum Gasteiger partial charge on any atom is 0.139 e. The van der Waals surface area contributed by atoms with Crippen LogP contribution in [0, 0.1) is 12.0 Å². The molecule has 0 bridgehead atoms. The van der Waals surface area contributed by atoms with Gasteiger partial charge in [0, 0.05) is 16.1 Å². The molecule has 0 aliphatic heterocycles. The van der Waals surface area contributed by atoms with Crippen molar-refractivity contribution in [3.8, 4) is 17.7 Å². The first-order valence-electron chi connectivity index (χ1n) is 7.79. The molecule has 1 heterocycles. The van der Waals surface area contributed by atoms with E-state index in [1.807, 2.05) is 41.4 Å². The zero-order chi connectivity index (χ0) is 18.4. The number of ether oxygens (including phenoxy) is 1. The van der Waals surface area contributed by atoms with Crippen LogP contribution in [0.3, 0.4) is 0 Å². The largest absolute Gasteiger partial charge is 0.492 e. The average molecular weight is 408 g/mol. The Kier molecular flexibility index (Phi) is 5.82. The van der Waals surface area contributed by atoms with E-state index in [-0.39, 0.29) is 0 Å². The maximum absolute atomic E-state index is 5.83. The summed E-state index contributed by atoms with van der Waals surface area (Å²) in [5, 5.41) is 9.74. The van der Waals surface area contributed by atoms with Crippen molar-refractivity contribution in [3.05, 3.63) is 65.2 Å². The predicted octanol–water partition coefficient (Wildman–Crippen LogP) is 1.45. The summed E-state index contributed by atoms with van der Waals surface area (Å²) in [6.45, 7) is 1.04. The molecule has 2 N–H and O–H groups in total. The summed E-state index contributed by atoms with van der Waals surface area (Å²) in [7, 11) is 5.79. The molecule has 2 radical (unpaired) electrons. The summed E-state index contributed by atoms with van der Waals surface area (Å²) in [5.41, 5.74) is 7.73. The molecule has 3 rings (SSSR count). The number of hydrogen-bond donors (Lipinski definition) is 1. The fourth-order valence-electron chi connectivity index (χ4n) is 2.35. The summed E-state index contributed by atoms with van der Waals surface area (Å²) in [6, 6.07) is 15.6. The third-order valence-electron chi connectivity index (χ3n) is 3.61. The lowest BCUT2D eigenvalue weighted by Crippen LogP contribution is -2.32. The molecular formula is C18H15BBrN5O. The molecule has 0 atom stereocenters. The Labute approximate surface area is 161 Å². The molecule has 0 saturated heterocycles. The van der Waals surface area contributed by atoms with E-state index in [4.69, 9.17) is 18.3 Å². The fraction of sp³-hybridized carbons (Fsp3) is 0.111. The van der Waals surface area contributed by atoms with Gasteiger partial charge in [0.15, 0.2) is 0 Å². The number of nitrogens with two attached hydrogens (primary N) is 1. The molecule has 128 valence electrons. The van der Waals surface area contributed by atoms with Gasteiger partial charge in [-0.05, 0) is 42.3 Å². The van der Waals surface area contributed by atoms with Crippen molar-refractivity contribution < 1.29 is 4.74 Å². The zero-order valence-corrected chi connectivity index (χ0v) is 15.4. The van der Waals surface area contributed by atoms with Crippen LogP contribution < -0.4 is 20.9 Å². The van der Waals surface area contributed by atoms with Crippen LogP contribution in [0.2, 0.25) is 0 Å². The van der Waals surface area contributed by atoms with E-state index in [1.54, 1.807) is 23.4 Å². The summed E-state index contributed by atoms with van der Waals surface area (Å²) >= 11 is 3.40. The lowest BCUT2D eigenvalue weighted by molar-refractivity contribution is 0.319. The second-order valence-corrected chi connectivity index (χ2v) is 6.17. The maximum atomic E-state index is 5.83. The minimum Gasteiger partial charge on any atom is -0.492 e. The van der Waals surface area contributed by atoms with Crippen LogP contribution in [0.25, 0.3) is 0 Å². The average Bonchev–Trinajstić information content (AvgIpc) is 3.17. The molecule has 1 aromatic heterocycles. The summed E-state index contributed by atoms with van der Waals surface area (Å²) in [6.07, 6.45) is 3.26. The number of anilines is 1. The molecule has 3 aromatic rings. The number of hydrogen-bond acceptors (Lipinski definition) is 5. The predicted molar refractivity (Wildman–Crippen MR) is 105 cm³/mol. The van der Waals surface area contributed by atoms with Gasteiger partial charge in [0.25, 0.3) is 0 Å². The van der Waals surface area contributed by atoms with Crippen molar-refractivity contribution in [3.63, 3.8) is 0 Å². The van der Waals surface area contributed by atoms with Crippen LogP contribution in [0.15, 0.2) is 59.6 Å². The second kappa shape index (κ2) is 8.45. The van der Waals surface area contributed by atoms with Crippen LogP contribution in [-0.4, -0.2) is 35.9 Å². The van der Waals surface area contributed by atoms with Crippen LogP contribution in [-0.2, 0) is 0 Å². The minimum atomic E-state index is 0.457. The molecule has 8 heteroatoms. The molecule has 0 fully saturated rings. The molecular weight excluding hydrogens is 393 g/mol. The third-order valence-corrected chi connectivity index (χ3v) is 4.30. The van der Waals surface area contributed by atoms with Crippen molar-refractivity contribution >= 4 is 34.9 Å². The lowest BCUT2D eigenvalue weighted by Gasteiger charge is -2.25. The molecule has 0 aliphatic carbocycles. The minimum absolute atomic E-state index is 0.457. The lowest BCUT2D eigenvalue weighted by atomic mass is 9.97. The van der Waals surface area contributed by atoms with E-state index in [2.05, 4.69) is 38.1 Å². The van der Waals surface area contributed by atoms with Gasteiger partial charge in [0.1, 0.15) is 32.9 Å². The number of aromatic nitrogens is 3. The van der Waals surface area contributed by atoms with Gasteiger partial charge in [0.05, 0.1) is 12.2 Å². The Balaban J connectivity index is 1.72. The highest BCUT2D eigenvalue weighted by molar-refractivity contribution is 9.10. The van der Waals surface area contributed by atoms with Crippen molar-refractivity contribution in [2.24, 2.45) is 5.73 Å². The van der Waals surface area contributed by atoms with Gasteiger partial charge in [0.2, 0.25) is 0 Å². The quantitative estimate of drug-likeness (QED) is 0.380. The Bertz CT molecular complexity index is 919. The van der Waals surface area contributed by atoms with Crippen LogP contribution in [0.5, 0.6) is 5.75 Å². The van der Waals surface area contributed by atoms with Gasteiger partial charge in [-0.15, -0.1) is 10.2 Å². The molecule has 0 saturated carbocycles. The van der Waals surface area contributed by atoms with E-state index in [0.717, 1.165) is 21.5 Å². The first kappa shape index (κ1) is 17.9. The van der Waals surface area contributed by atoms with Gasteiger partial charge < -0.3 is 10.5 Å². The topological polar surface area (TPSA) is 69.2 Å². The van der Waals surface area contributed by atoms with E-state index >= 15 is 0 Å². The molecule has 0 unspecified atom stereocenters. The van der Waals surface area contributed by atoms with Gasteiger partial charge in [-0.1, -0.05) is 27.5 Å². The molecule has 6 nitrogen and oxygen atoms in total. The fourth-order valence-corrected chi connectivity index (χ4v) is 2.70. The van der Waals surface area contributed by atoms with E-state index < -0.39 is 0 Å². The Morgan fingerprint density at radius 2 is 1.88 bits per heavy atom. The highest BCUT2D eigenvalue weighted by atomic mass is 79.9. The summed E-state index contributed by atoms with van der Waals surface area (Å²) < 4.78 is 8.44. The molecule has 0 spiro atoms. The van der Waals surface area contributed by atoms with Gasteiger partial charge in [-0.25, -0.2) is 4.68 Å². The van der Waals surface area contributed by atoms with E-state index in [9.17, 15) is 0 Å². The smallest absolute Gasteiger partial charge is 0.139 e. The molecule has 0 amide bonds. The second-order valence-electron chi connectivity index (χ2n) is 5.31. The van der Waals surface area contributed by atoms with Crippen LogP contribution >= 0.6 is 15.9 Å². The van der Waals surface area contributed by atoms with E-state index in [1.165, 1.54) is 0 Å². The molecule has 2 aromatic carbocycles. The van der Waals surface area contributed by atoms with Crippen molar-refractivity contribution in [1.82, 2.24) is 14.9 Å². The molecule has 0 aliphatic rings. The number of halogens is 1.